The summed E-state index contributed by atoms with van der Waals surface area (Å²) < 4.78 is 20.1. The Bertz CT molecular complexity index is 1160. The van der Waals surface area contributed by atoms with Gasteiger partial charge in [0.2, 0.25) is 0 Å². The number of anilines is 1. The predicted octanol–water partition coefficient (Wildman–Crippen LogP) is 3.58. The van der Waals surface area contributed by atoms with Crippen LogP contribution in [0, 0.1) is 0 Å². The third-order valence-electron chi connectivity index (χ3n) is 4.55. The van der Waals surface area contributed by atoms with E-state index in [1.54, 1.807) is 48.6 Å². The molecule has 160 valence electrons. The number of nitrogens with zero attached hydrogens (tertiary/aromatic N) is 4. The summed E-state index contributed by atoms with van der Waals surface area (Å²) in [7, 11) is 1.60. The van der Waals surface area contributed by atoms with Crippen LogP contribution in [0.25, 0.3) is 0 Å². The van der Waals surface area contributed by atoms with Gasteiger partial charge in [-0.2, -0.15) is 10.2 Å². The highest BCUT2D eigenvalue weighted by molar-refractivity contribution is 6.02. The minimum Gasteiger partial charge on any atom is -0.497 e. The van der Waals surface area contributed by atoms with Gasteiger partial charge in [0.05, 0.1) is 31.7 Å². The minimum absolute atomic E-state index is 0.196. The molecule has 0 aliphatic carbocycles. The molecule has 4 aromatic rings. The van der Waals surface area contributed by atoms with E-state index in [1.807, 2.05) is 36.0 Å². The number of carbonyl (C=O) groups is 1. The molecule has 0 aliphatic heterocycles. The molecular formula is C22H23N5O4. The smallest absolute Gasteiger partial charge is 0.291 e. The lowest BCUT2D eigenvalue weighted by Gasteiger charge is -2.06. The Hall–Kier alpha value is -4.01. The third kappa shape index (κ3) is 5.13. The molecule has 1 aromatic carbocycles. The summed E-state index contributed by atoms with van der Waals surface area (Å²) in [5.41, 5.74) is 1.62. The Balaban J connectivity index is 1.32. The van der Waals surface area contributed by atoms with Crippen LogP contribution in [-0.4, -0.2) is 32.6 Å². The van der Waals surface area contributed by atoms with Gasteiger partial charge in [-0.15, -0.1) is 0 Å². The van der Waals surface area contributed by atoms with E-state index >= 15 is 0 Å². The molecule has 0 unspecified atom stereocenters. The Kier molecular flexibility index (Phi) is 6.02. The molecule has 3 heterocycles. The molecule has 1 N–H and O–H groups in total. The van der Waals surface area contributed by atoms with E-state index in [9.17, 15) is 4.79 Å². The predicted molar refractivity (Wildman–Crippen MR) is 113 cm³/mol. The second-order valence-corrected chi connectivity index (χ2v) is 6.82. The van der Waals surface area contributed by atoms with Crippen LogP contribution in [0.4, 0.5) is 5.69 Å². The molecule has 0 spiro atoms. The van der Waals surface area contributed by atoms with E-state index in [0.717, 1.165) is 12.1 Å². The van der Waals surface area contributed by atoms with Crippen LogP contribution < -0.4 is 14.8 Å². The lowest BCUT2D eigenvalue weighted by molar-refractivity contribution is 0.0992. The number of benzene rings is 1. The number of aromatic nitrogens is 4. The molecule has 9 nitrogen and oxygen atoms in total. The molecule has 0 saturated carbocycles. The monoisotopic (exact) mass is 421 g/mol. The van der Waals surface area contributed by atoms with E-state index in [2.05, 4.69) is 15.5 Å². The average molecular weight is 421 g/mol. The van der Waals surface area contributed by atoms with Crippen LogP contribution in [0.1, 0.15) is 28.8 Å². The van der Waals surface area contributed by atoms with Crippen LogP contribution >= 0.6 is 0 Å². The molecule has 31 heavy (non-hydrogen) atoms. The number of ether oxygens (including phenoxy) is 2. The van der Waals surface area contributed by atoms with Crippen molar-refractivity contribution in [3.63, 3.8) is 0 Å². The van der Waals surface area contributed by atoms with Gasteiger partial charge in [-0.05, 0) is 31.2 Å². The van der Waals surface area contributed by atoms with Crippen LogP contribution in [0.15, 0.2) is 65.6 Å². The molecule has 0 saturated heterocycles. The Labute approximate surface area is 179 Å². The lowest BCUT2D eigenvalue weighted by atomic mass is 10.3. The summed E-state index contributed by atoms with van der Waals surface area (Å²) in [6.07, 6.45) is 7.13. The lowest BCUT2D eigenvalue weighted by Crippen LogP contribution is -2.10. The number of aryl methyl sites for hydroxylation is 1. The first-order valence-corrected chi connectivity index (χ1v) is 9.83. The van der Waals surface area contributed by atoms with E-state index in [-0.39, 0.29) is 18.3 Å². The second kappa shape index (κ2) is 9.21. The van der Waals surface area contributed by atoms with Crippen molar-refractivity contribution in [3.05, 3.63) is 78.3 Å². The van der Waals surface area contributed by atoms with Crippen LogP contribution in [0.2, 0.25) is 0 Å². The van der Waals surface area contributed by atoms with Crippen LogP contribution in [0.3, 0.4) is 0 Å². The van der Waals surface area contributed by atoms with Gasteiger partial charge in [0.25, 0.3) is 5.91 Å². The number of rotatable bonds is 9. The van der Waals surface area contributed by atoms with Gasteiger partial charge < -0.3 is 19.2 Å². The van der Waals surface area contributed by atoms with Gasteiger partial charge in [-0.3, -0.25) is 14.2 Å². The van der Waals surface area contributed by atoms with Crippen molar-refractivity contribution < 1.29 is 18.7 Å². The quantitative estimate of drug-likeness (QED) is 0.444. The molecule has 1 amide bonds. The Morgan fingerprint density at radius 3 is 2.74 bits per heavy atom. The van der Waals surface area contributed by atoms with Crippen LogP contribution in [-0.2, 0) is 19.7 Å². The fourth-order valence-electron chi connectivity index (χ4n) is 2.98. The maximum Gasteiger partial charge on any atom is 0.291 e. The highest BCUT2D eigenvalue weighted by atomic mass is 16.5. The minimum atomic E-state index is -0.356. The number of methoxy groups -OCH3 is 1. The van der Waals surface area contributed by atoms with E-state index in [4.69, 9.17) is 13.9 Å². The van der Waals surface area contributed by atoms with Gasteiger partial charge in [-0.1, -0.05) is 6.07 Å². The summed E-state index contributed by atoms with van der Waals surface area (Å²) >= 11 is 0. The molecular weight excluding hydrogens is 398 g/mol. The first-order valence-electron chi connectivity index (χ1n) is 9.83. The third-order valence-corrected chi connectivity index (χ3v) is 4.55. The van der Waals surface area contributed by atoms with E-state index in [0.29, 0.717) is 29.5 Å². The first-order chi connectivity index (χ1) is 15.1. The zero-order valence-electron chi connectivity index (χ0n) is 17.3. The van der Waals surface area contributed by atoms with Gasteiger partial charge in [0, 0.05) is 30.6 Å². The molecule has 0 bridgehead atoms. The van der Waals surface area contributed by atoms with Gasteiger partial charge >= 0.3 is 0 Å². The fraction of sp³-hybridized carbons (Fsp3) is 0.227. The number of amides is 1. The molecule has 4 rings (SSSR count). The fourth-order valence-corrected chi connectivity index (χ4v) is 2.98. The molecule has 0 radical (unpaired) electrons. The summed E-state index contributed by atoms with van der Waals surface area (Å²) in [5.74, 6) is 1.74. The molecule has 3 aromatic heterocycles. The zero-order valence-corrected chi connectivity index (χ0v) is 17.3. The van der Waals surface area contributed by atoms with Crippen molar-refractivity contribution in [2.75, 3.05) is 12.4 Å². The van der Waals surface area contributed by atoms with Gasteiger partial charge in [0.1, 0.15) is 23.9 Å². The normalized spacial score (nSPS) is 10.8. The molecule has 0 aliphatic rings. The maximum atomic E-state index is 12.5. The zero-order chi connectivity index (χ0) is 21.6. The van der Waals surface area contributed by atoms with Crippen molar-refractivity contribution in [2.45, 2.75) is 26.6 Å². The molecule has 0 atom stereocenters. The Morgan fingerprint density at radius 1 is 1.10 bits per heavy atom. The van der Waals surface area contributed by atoms with E-state index < -0.39 is 0 Å². The number of hydrogen-bond donors (Lipinski definition) is 1. The molecule has 0 fully saturated rings. The number of nitrogens with one attached hydrogen (secondary N) is 1. The van der Waals surface area contributed by atoms with Crippen molar-refractivity contribution in [3.8, 4) is 11.5 Å². The van der Waals surface area contributed by atoms with Gasteiger partial charge in [0.15, 0.2) is 5.76 Å². The summed E-state index contributed by atoms with van der Waals surface area (Å²) in [5, 5.41) is 11.3. The highest BCUT2D eigenvalue weighted by Gasteiger charge is 2.13. The van der Waals surface area contributed by atoms with Crippen LogP contribution in [0.5, 0.6) is 11.5 Å². The van der Waals surface area contributed by atoms with Crippen molar-refractivity contribution in [1.82, 2.24) is 19.6 Å². The number of hydrogen-bond acceptors (Lipinski definition) is 6. The molecule has 9 heteroatoms. The second-order valence-electron chi connectivity index (χ2n) is 6.82. The summed E-state index contributed by atoms with van der Waals surface area (Å²) in [6.45, 7) is 3.62. The number of furan rings is 1. The van der Waals surface area contributed by atoms with Gasteiger partial charge in [-0.25, -0.2) is 0 Å². The topological polar surface area (TPSA) is 96.3 Å². The largest absolute Gasteiger partial charge is 0.497 e. The van der Waals surface area contributed by atoms with Crippen molar-refractivity contribution in [1.29, 1.82) is 0 Å². The Morgan fingerprint density at radius 2 is 1.94 bits per heavy atom. The van der Waals surface area contributed by atoms with Crippen molar-refractivity contribution >= 4 is 11.6 Å². The maximum absolute atomic E-state index is 12.5. The summed E-state index contributed by atoms with van der Waals surface area (Å²) in [4.78, 5) is 12.5. The highest BCUT2D eigenvalue weighted by Crippen LogP contribution is 2.20. The standard InChI is InChI=1S/C22H23N5O4/c1-3-26-12-16(10-23-26)13-27-14-17(11-24-27)25-22(28)21-8-7-20(31-21)15-30-19-6-4-5-18(9-19)29-2/h4-12,14H,3,13,15H2,1-2H3,(H,25,28). The first kappa shape index (κ1) is 20.3. The van der Waals surface area contributed by atoms with E-state index in [1.165, 1.54) is 0 Å². The van der Waals surface area contributed by atoms with Crippen molar-refractivity contribution in [2.24, 2.45) is 0 Å². The summed E-state index contributed by atoms with van der Waals surface area (Å²) in [6, 6.07) is 10.6. The average Bonchev–Trinajstić information content (AvgIpc) is 3.54. The SMILES string of the molecule is CCn1cc(Cn2cc(NC(=O)c3ccc(COc4cccc(OC)c4)o3)cn2)cn1. The number of carbonyl (C=O) groups excluding carboxylic acids is 1.